The summed E-state index contributed by atoms with van der Waals surface area (Å²) in [6.45, 7) is 0. The molecule has 0 spiro atoms. The van der Waals surface area contributed by atoms with E-state index in [1.165, 1.54) is 11.0 Å². The third-order valence-corrected chi connectivity index (χ3v) is 4.89. The molecule has 2 aromatic rings. The van der Waals surface area contributed by atoms with Gasteiger partial charge in [0.15, 0.2) is 4.32 Å². The fraction of sp³-hybridized carbons (Fsp3) is 0.0556. The van der Waals surface area contributed by atoms with E-state index in [2.05, 4.69) is 0 Å². The van der Waals surface area contributed by atoms with E-state index in [4.69, 9.17) is 17.0 Å². The van der Waals surface area contributed by atoms with E-state index in [1.54, 1.807) is 55.7 Å². The molecule has 1 heterocycles. The Balaban J connectivity index is 1.98. The second-order valence-corrected chi connectivity index (χ2v) is 6.79. The van der Waals surface area contributed by atoms with Crippen molar-refractivity contribution in [3.63, 3.8) is 0 Å². The van der Waals surface area contributed by atoms with Crippen molar-refractivity contribution in [3.8, 4) is 5.75 Å². The summed E-state index contributed by atoms with van der Waals surface area (Å²) in [6, 6.07) is 13.6. The molecule has 1 aliphatic rings. The smallest absolute Gasteiger partial charge is 0.336 e. The number of thioether (sulfide) groups is 1. The van der Waals surface area contributed by atoms with Gasteiger partial charge in [-0.3, -0.25) is 9.69 Å². The highest BCUT2D eigenvalue weighted by atomic mass is 32.2. The summed E-state index contributed by atoms with van der Waals surface area (Å²) in [5.74, 6) is -0.717. The highest BCUT2D eigenvalue weighted by Crippen LogP contribution is 2.37. The van der Waals surface area contributed by atoms with Gasteiger partial charge in [-0.1, -0.05) is 48.2 Å². The van der Waals surface area contributed by atoms with E-state index in [0.717, 1.165) is 11.8 Å². The number of carboxylic acid groups (broad SMARTS) is 1. The highest BCUT2D eigenvalue weighted by Gasteiger charge is 2.33. The van der Waals surface area contributed by atoms with Crippen molar-refractivity contribution in [2.24, 2.45) is 0 Å². The molecule has 1 fully saturated rings. The van der Waals surface area contributed by atoms with Crippen LogP contribution in [0.3, 0.4) is 0 Å². The Hall–Kier alpha value is -2.64. The van der Waals surface area contributed by atoms with Crippen LogP contribution in [0.2, 0.25) is 0 Å². The topological polar surface area (TPSA) is 66.8 Å². The van der Waals surface area contributed by atoms with Gasteiger partial charge in [0.05, 0.1) is 23.3 Å². The van der Waals surface area contributed by atoms with Gasteiger partial charge in [-0.05, 0) is 29.8 Å². The number of hydrogen-bond acceptors (Lipinski definition) is 5. The number of ether oxygens (including phenoxy) is 1. The number of hydrogen-bond donors (Lipinski definition) is 1. The third kappa shape index (κ3) is 3.42. The zero-order chi connectivity index (χ0) is 18.0. The van der Waals surface area contributed by atoms with E-state index in [0.29, 0.717) is 26.2 Å². The van der Waals surface area contributed by atoms with Gasteiger partial charge in [0.1, 0.15) is 5.75 Å². The average molecular weight is 371 g/mol. The molecule has 1 saturated heterocycles. The van der Waals surface area contributed by atoms with Crippen molar-refractivity contribution in [2.45, 2.75) is 0 Å². The van der Waals surface area contributed by atoms with E-state index >= 15 is 0 Å². The number of amides is 1. The van der Waals surface area contributed by atoms with Crippen molar-refractivity contribution >= 4 is 51.9 Å². The summed E-state index contributed by atoms with van der Waals surface area (Å²) in [7, 11) is 1.55. The molecule has 0 bridgehead atoms. The summed E-state index contributed by atoms with van der Waals surface area (Å²) >= 11 is 6.47. The van der Waals surface area contributed by atoms with Crippen molar-refractivity contribution in [2.75, 3.05) is 12.0 Å². The van der Waals surface area contributed by atoms with E-state index in [-0.39, 0.29) is 11.5 Å². The molecule has 0 atom stereocenters. The molecule has 5 nitrogen and oxygen atoms in total. The van der Waals surface area contributed by atoms with E-state index in [9.17, 15) is 14.7 Å². The second kappa shape index (κ2) is 7.08. The van der Waals surface area contributed by atoms with Crippen LogP contribution in [0, 0.1) is 0 Å². The van der Waals surface area contributed by atoms with Gasteiger partial charge in [-0.15, -0.1) is 0 Å². The van der Waals surface area contributed by atoms with Crippen molar-refractivity contribution < 1.29 is 19.4 Å². The number of nitrogens with zero attached hydrogens (tertiary/aromatic N) is 1. The lowest BCUT2D eigenvalue weighted by Gasteiger charge is -2.15. The molecule has 126 valence electrons. The Morgan fingerprint density at radius 2 is 2.00 bits per heavy atom. The van der Waals surface area contributed by atoms with Crippen molar-refractivity contribution in [3.05, 3.63) is 64.6 Å². The summed E-state index contributed by atoms with van der Waals surface area (Å²) in [4.78, 5) is 25.9. The largest absolute Gasteiger partial charge is 0.497 e. The summed E-state index contributed by atoms with van der Waals surface area (Å²) in [5.41, 5.74) is 1.20. The Labute approximate surface area is 153 Å². The molecule has 0 unspecified atom stereocenters. The predicted octanol–water partition coefficient (Wildman–Crippen LogP) is 3.80. The number of carbonyl (C=O) groups excluding carboxylic acids is 1. The van der Waals surface area contributed by atoms with Crippen LogP contribution in [0.1, 0.15) is 15.9 Å². The molecule has 1 amide bonds. The maximum Gasteiger partial charge on any atom is 0.336 e. The van der Waals surface area contributed by atoms with Crippen LogP contribution in [0.15, 0.2) is 53.4 Å². The molecule has 1 N–H and O–H groups in total. The summed E-state index contributed by atoms with van der Waals surface area (Å²) < 4.78 is 5.57. The lowest BCUT2D eigenvalue weighted by atomic mass is 10.1. The minimum Gasteiger partial charge on any atom is -0.497 e. The van der Waals surface area contributed by atoms with Crippen molar-refractivity contribution in [1.82, 2.24) is 0 Å². The molecule has 25 heavy (non-hydrogen) atoms. The van der Waals surface area contributed by atoms with Crippen LogP contribution < -0.4 is 9.64 Å². The molecule has 0 radical (unpaired) electrons. The first-order valence-electron chi connectivity index (χ1n) is 7.25. The lowest BCUT2D eigenvalue weighted by Crippen LogP contribution is -2.27. The zero-order valence-corrected chi connectivity index (χ0v) is 14.8. The number of thiocarbonyl (C=S) groups is 1. The molecule has 0 saturated carbocycles. The fourth-order valence-corrected chi connectivity index (χ4v) is 3.69. The summed E-state index contributed by atoms with van der Waals surface area (Å²) in [5, 5.41) is 9.27. The predicted molar refractivity (Wildman–Crippen MR) is 102 cm³/mol. The monoisotopic (exact) mass is 371 g/mol. The van der Waals surface area contributed by atoms with Crippen LogP contribution in [0.5, 0.6) is 5.75 Å². The van der Waals surface area contributed by atoms with Gasteiger partial charge >= 0.3 is 5.97 Å². The van der Waals surface area contributed by atoms with Gasteiger partial charge in [0.25, 0.3) is 5.91 Å². The number of carbonyl (C=O) groups is 2. The van der Waals surface area contributed by atoms with E-state index < -0.39 is 5.97 Å². The molecule has 1 aliphatic heterocycles. The SMILES string of the molecule is COc1cccc(N2C(=O)/C(=C/c3ccccc3C(=O)O)SC2=S)c1. The number of methoxy groups -OCH3 is 1. The number of benzene rings is 2. The first kappa shape index (κ1) is 17.2. The van der Waals surface area contributed by atoms with Gasteiger partial charge < -0.3 is 9.84 Å². The summed E-state index contributed by atoms with van der Waals surface area (Å²) in [6.07, 6.45) is 1.56. The highest BCUT2D eigenvalue weighted by molar-refractivity contribution is 8.27. The lowest BCUT2D eigenvalue weighted by molar-refractivity contribution is -0.113. The Bertz CT molecular complexity index is 907. The first-order chi connectivity index (χ1) is 12.0. The number of aromatic carboxylic acids is 1. The minimum atomic E-state index is -1.05. The molecule has 3 rings (SSSR count). The standard InChI is InChI=1S/C18H13NO4S2/c1-23-13-7-4-6-12(10-13)19-16(20)15(25-18(19)24)9-11-5-2-3-8-14(11)17(21)22/h2-10H,1H3,(H,21,22)/b15-9-. The molecular weight excluding hydrogens is 358 g/mol. The molecule has 0 aliphatic carbocycles. The zero-order valence-electron chi connectivity index (χ0n) is 13.1. The maximum absolute atomic E-state index is 12.8. The van der Waals surface area contributed by atoms with Crippen LogP contribution >= 0.6 is 24.0 Å². The molecule has 2 aromatic carbocycles. The minimum absolute atomic E-state index is 0.133. The quantitative estimate of drug-likeness (QED) is 0.651. The van der Waals surface area contributed by atoms with E-state index in [1.807, 2.05) is 0 Å². The van der Waals surface area contributed by atoms with Crippen molar-refractivity contribution in [1.29, 1.82) is 0 Å². The Kier molecular flexibility index (Phi) is 4.87. The normalized spacial score (nSPS) is 15.7. The molecule has 7 heteroatoms. The molecule has 0 aromatic heterocycles. The van der Waals surface area contributed by atoms with Crippen LogP contribution in [0.25, 0.3) is 6.08 Å². The van der Waals surface area contributed by atoms with Gasteiger partial charge in [-0.2, -0.15) is 0 Å². The Morgan fingerprint density at radius 3 is 2.72 bits per heavy atom. The third-order valence-electron chi connectivity index (χ3n) is 3.58. The van der Waals surface area contributed by atoms with Crippen LogP contribution in [-0.2, 0) is 4.79 Å². The maximum atomic E-state index is 12.8. The second-order valence-electron chi connectivity index (χ2n) is 5.11. The Morgan fingerprint density at radius 1 is 1.24 bits per heavy atom. The van der Waals surface area contributed by atoms with Gasteiger partial charge in [0.2, 0.25) is 0 Å². The van der Waals surface area contributed by atoms with Gasteiger partial charge in [-0.25, -0.2) is 4.79 Å². The van der Waals surface area contributed by atoms with Crippen LogP contribution in [-0.4, -0.2) is 28.4 Å². The fourth-order valence-electron chi connectivity index (χ4n) is 2.40. The van der Waals surface area contributed by atoms with Crippen LogP contribution in [0.4, 0.5) is 5.69 Å². The van der Waals surface area contributed by atoms with Gasteiger partial charge in [0, 0.05) is 6.07 Å². The number of rotatable bonds is 4. The average Bonchev–Trinajstić information content (AvgIpc) is 2.89. The molecular formula is C18H13NO4S2. The number of anilines is 1. The first-order valence-corrected chi connectivity index (χ1v) is 8.48. The number of carboxylic acids is 1.